The van der Waals surface area contributed by atoms with Gasteiger partial charge in [0.15, 0.2) is 10.7 Å². The molecule has 1 aromatic carbocycles. The van der Waals surface area contributed by atoms with E-state index in [2.05, 4.69) is 28.1 Å². The third-order valence-corrected chi connectivity index (χ3v) is 8.00. The molecule has 1 saturated heterocycles. The minimum atomic E-state index is 0.140. The fourth-order valence-electron chi connectivity index (χ4n) is 5.37. The number of nitrogens with zero attached hydrogens (tertiary/aromatic N) is 4. The number of benzene rings is 1. The number of hydrogen-bond donors (Lipinski definition) is 0. The quantitative estimate of drug-likeness (QED) is 0.350. The molecule has 2 aliphatic rings. The number of likely N-dealkylation sites (tertiary alicyclic amines) is 1. The molecule has 0 unspecified atom stereocenters. The van der Waals surface area contributed by atoms with E-state index in [1.807, 2.05) is 41.2 Å². The zero-order valence-electron chi connectivity index (χ0n) is 19.1. The molecule has 34 heavy (non-hydrogen) atoms. The third kappa shape index (κ3) is 3.80. The van der Waals surface area contributed by atoms with Crippen molar-refractivity contribution in [3.63, 3.8) is 0 Å². The molecule has 6 rings (SSSR count). The van der Waals surface area contributed by atoms with E-state index in [9.17, 15) is 4.79 Å². The first kappa shape index (κ1) is 21.7. The van der Waals surface area contributed by atoms with Gasteiger partial charge in [-0.1, -0.05) is 29.3 Å². The van der Waals surface area contributed by atoms with Crippen LogP contribution in [0.3, 0.4) is 0 Å². The van der Waals surface area contributed by atoms with Crippen molar-refractivity contribution in [2.24, 2.45) is 0 Å². The van der Waals surface area contributed by atoms with E-state index in [1.165, 1.54) is 27.8 Å². The summed E-state index contributed by atoms with van der Waals surface area (Å²) in [7, 11) is 0. The predicted molar refractivity (Wildman–Crippen MR) is 137 cm³/mol. The van der Waals surface area contributed by atoms with Crippen LogP contribution in [0.1, 0.15) is 51.4 Å². The van der Waals surface area contributed by atoms with Crippen LogP contribution in [-0.4, -0.2) is 44.7 Å². The topological polar surface area (TPSA) is 50.5 Å². The van der Waals surface area contributed by atoms with Gasteiger partial charge in [0.05, 0.1) is 17.9 Å². The van der Waals surface area contributed by atoms with Crippen LogP contribution >= 0.6 is 22.9 Å². The standard InChI is InChI=1S/C27H25ClN4OS/c1-17-26(32-13-14-34-27(32)30-17)23(33)16-31-11-8-18(9-12-31)24-22-7-6-21(28)15-20(22)5-4-19-3-2-10-29-25(19)24/h2-3,6-7,10,13-15H,4-5,8-9,11-12,16H2,1H3. The first-order chi connectivity index (χ1) is 16.6. The summed E-state index contributed by atoms with van der Waals surface area (Å²) < 4.78 is 1.93. The van der Waals surface area contributed by atoms with Crippen LogP contribution in [0.25, 0.3) is 10.5 Å². The molecule has 3 aromatic heterocycles. The van der Waals surface area contributed by atoms with Crippen molar-refractivity contribution in [1.82, 2.24) is 19.3 Å². The Morgan fingerprint density at radius 2 is 1.94 bits per heavy atom. The van der Waals surface area contributed by atoms with Gasteiger partial charge in [0, 0.05) is 41.5 Å². The molecule has 0 saturated carbocycles. The normalized spacial score (nSPS) is 16.4. The van der Waals surface area contributed by atoms with Crippen molar-refractivity contribution in [3.05, 3.63) is 92.5 Å². The molecule has 0 spiro atoms. The maximum Gasteiger partial charge on any atom is 0.195 e. The molecule has 0 atom stereocenters. The number of carbonyl (C=O) groups is 1. The molecule has 0 N–H and O–H groups in total. The summed E-state index contributed by atoms with van der Waals surface area (Å²) in [5.41, 5.74) is 9.19. The van der Waals surface area contributed by atoms with Crippen LogP contribution in [-0.2, 0) is 12.8 Å². The summed E-state index contributed by atoms with van der Waals surface area (Å²) in [5, 5.41) is 2.76. The van der Waals surface area contributed by atoms with Crippen molar-refractivity contribution in [2.75, 3.05) is 19.6 Å². The zero-order valence-corrected chi connectivity index (χ0v) is 20.6. The smallest absolute Gasteiger partial charge is 0.195 e. The SMILES string of the molecule is Cc1nc2sccn2c1C(=O)CN1CCC(=C2c3ccc(Cl)cc3CCc3cccnc32)CC1. The maximum absolute atomic E-state index is 13.2. The molecule has 7 heteroatoms. The molecule has 1 aliphatic carbocycles. The largest absolute Gasteiger partial charge is 0.295 e. The number of rotatable bonds is 3. The molecule has 1 aliphatic heterocycles. The second-order valence-electron chi connectivity index (χ2n) is 9.09. The molecular formula is C27H25ClN4OS. The molecule has 5 nitrogen and oxygen atoms in total. The summed E-state index contributed by atoms with van der Waals surface area (Å²) in [6.45, 7) is 4.07. The molecule has 0 bridgehead atoms. The number of aryl methyl sites for hydroxylation is 3. The molecule has 172 valence electrons. The van der Waals surface area contributed by atoms with Crippen molar-refractivity contribution in [1.29, 1.82) is 0 Å². The van der Waals surface area contributed by atoms with E-state index in [-0.39, 0.29) is 5.78 Å². The lowest BCUT2D eigenvalue weighted by Gasteiger charge is -2.29. The number of imidazole rings is 1. The number of hydrogen-bond acceptors (Lipinski definition) is 5. The lowest BCUT2D eigenvalue weighted by molar-refractivity contribution is 0.0918. The number of aromatic nitrogens is 3. The summed E-state index contributed by atoms with van der Waals surface area (Å²) in [6.07, 6.45) is 7.63. The van der Waals surface area contributed by atoms with E-state index in [0.29, 0.717) is 12.2 Å². The van der Waals surface area contributed by atoms with E-state index < -0.39 is 0 Å². The Morgan fingerprint density at radius 1 is 1.12 bits per heavy atom. The third-order valence-electron chi connectivity index (χ3n) is 7.01. The summed E-state index contributed by atoms with van der Waals surface area (Å²) in [4.78, 5) is 25.7. The number of thiazole rings is 1. The van der Waals surface area contributed by atoms with Crippen molar-refractivity contribution in [3.8, 4) is 0 Å². The summed E-state index contributed by atoms with van der Waals surface area (Å²) in [6, 6.07) is 10.5. The number of fused-ring (bicyclic) bond motifs is 3. The second kappa shape index (κ2) is 8.77. The maximum atomic E-state index is 13.2. The van der Waals surface area contributed by atoms with E-state index >= 15 is 0 Å². The highest BCUT2D eigenvalue weighted by Gasteiger charge is 2.27. The fraction of sp³-hybridized carbons (Fsp3) is 0.296. The fourth-order valence-corrected chi connectivity index (χ4v) is 6.33. The molecule has 4 heterocycles. The van der Waals surface area contributed by atoms with Gasteiger partial charge in [-0.15, -0.1) is 11.3 Å². The number of carbonyl (C=O) groups excluding carboxylic acids is 1. The molecular weight excluding hydrogens is 464 g/mol. The Balaban J connectivity index is 1.28. The summed E-state index contributed by atoms with van der Waals surface area (Å²) in [5.74, 6) is 0.140. The number of ketones is 1. The van der Waals surface area contributed by atoms with Crippen LogP contribution < -0.4 is 0 Å². The van der Waals surface area contributed by atoms with Gasteiger partial charge >= 0.3 is 0 Å². The Labute approximate surface area is 207 Å². The van der Waals surface area contributed by atoms with E-state index in [1.54, 1.807) is 11.3 Å². The average Bonchev–Trinajstić information content (AvgIpc) is 3.35. The lowest BCUT2D eigenvalue weighted by Crippen LogP contribution is -2.36. The lowest BCUT2D eigenvalue weighted by atomic mass is 9.88. The Kier molecular flexibility index (Phi) is 5.60. The molecule has 4 aromatic rings. The number of halogens is 1. The number of piperidine rings is 1. The van der Waals surface area contributed by atoms with Crippen molar-refractivity contribution >= 4 is 39.3 Å². The number of pyridine rings is 1. The van der Waals surface area contributed by atoms with Crippen LogP contribution in [0.5, 0.6) is 0 Å². The van der Waals surface area contributed by atoms with Gasteiger partial charge in [-0.05, 0) is 67.5 Å². The minimum Gasteiger partial charge on any atom is -0.295 e. The van der Waals surface area contributed by atoms with Gasteiger partial charge < -0.3 is 0 Å². The van der Waals surface area contributed by atoms with Gasteiger partial charge in [0.1, 0.15) is 5.69 Å². The van der Waals surface area contributed by atoms with Crippen molar-refractivity contribution in [2.45, 2.75) is 32.6 Å². The minimum absolute atomic E-state index is 0.140. The Hall–Kier alpha value is -2.80. The van der Waals surface area contributed by atoms with Gasteiger partial charge in [0.25, 0.3) is 0 Å². The highest BCUT2D eigenvalue weighted by molar-refractivity contribution is 7.15. The monoisotopic (exact) mass is 488 g/mol. The Bertz CT molecular complexity index is 1440. The van der Waals surface area contributed by atoms with Gasteiger partial charge in [0.2, 0.25) is 0 Å². The summed E-state index contributed by atoms with van der Waals surface area (Å²) >= 11 is 7.91. The Morgan fingerprint density at radius 3 is 2.79 bits per heavy atom. The molecule has 1 fully saturated rings. The average molecular weight is 489 g/mol. The van der Waals surface area contributed by atoms with Crippen LogP contribution in [0.4, 0.5) is 0 Å². The highest BCUT2D eigenvalue weighted by atomic mass is 35.5. The van der Waals surface area contributed by atoms with Crippen LogP contribution in [0, 0.1) is 6.92 Å². The van der Waals surface area contributed by atoms with E-state index in [0.717, 1.165) is 60.1 Å². The molecule has 0 radical (unpaired) electrons. The molecule has 0 amide bonds. The van der Waals surface area contributed by atoms with Gasteiger partial charge in [-0.3, -0.25) is 19.1 Å². The predicted octanol–water partition coefficient (Wildman–Crippen LogP) is 5.63. The highest BCUT2D eigenvalue weighted by Crippen LogP contribution is 2.38. The second-order valence-corrected chi connectivity index (χ2v) is 10.4. The first-order valence-corrected chi connectivity index (χ1v) is 13.0. The van der Waals surface area contributed by atoms with Crippen molar-refractivity contribution < 1.29 is 4.79 Å². The first-order valence-electron chi connectivity index (χ1n) is 11.7. The van der Waals surface area contributed by atoms with E-state index in [4.69, 9.17) is 16.6 Å². The van der Waals surface area contributed by atoms with Crippen LogP contribution in [0.15, 0.2) is 53.7 Å². The van der Waals surface area contributed by atoms with Gasteiger partial charge in [-0.2, -0.15) is 0 Å². The van der Waals surface area contributed by atoms with Gasteiger partial charge in [-0.25, -0.2) is 4.98 Å². The zero-order chi connectivity index (χ0) is 23.2. The van der Waals surface area contributed by atoms with Crippen LogP contribution in [0.2, 0.25) is 5.02 Å². The number of Topliss-reactive ketones (excluding diaryl/α,β-unsaturated/α-hetero) is 1.